The summed E-state index contributed by atoms with van der Waals surface area (Å²) in [5, 5.41) is 7.04. The van der Waals surface area contributed by atoms with Crippen LogP contribution in [0.15, 0.2) is 48.5 Å². The first-order valence-electron chi connectivity index (χ1n) is 11.3. The molecule has 33 heavy (non-hydrogen) atoms. The predicted octanol–water partition coefficient (Wildman–Crippen LogP) is 5.41. The van der Waals surface area contributed by atoms with Crippen molar-refractivity contribution in [3.8, 4) is 11.5 Å². The summed E-state index contributed by atoms with van der Waals surface area (Å²) < 4.78 is 11.1. The van der Waals surface area contributed by atoms with Gasteiger partial charge in [-0.25, -0.2) is 0 Å². The van der Waals surface area contributed by atoms with Gasteiger partial charge in [0.05, 0.1) is 13.1 Å². The molecule has 0 saturated carbocycles. The van der Waals surface area contributed by atoms with Crippen molar-refractivity contribution in [3.63, 3.8) is 0 Å². The van der Waals surface area contributed by atoms with Crippen molar-refractivity contribution in [1.82, 2.24) is 10.6 Å². The van der Waals surface area contributed by atoms with E-state index in [1.165, 1.54) is 0 Å². The van der Waals surface area contributed by atoms with Crippen molar-refractivity contribution < 1.29 is 19.1 Å². The Morgan fingerprint density at radius 2 is 0.970 bits per heavy atom. The molecule has 2 N–H and O–H groups in total. The highest BCUT2D eigenvalue weighted by Crippen LogP contribution is 2.16. The number of benzene rings is 2. The van der Waals surface area contributed by atoms with E-state index in [-0.39, 0.29) is 11.8 Å². The minimum absolute atomic E-state index is 0.0369. The fourth-order valence-electron chi connectivity index (χ4n) is 3.06. The molecule has 0 spiro atoms. The Hall–Kier alpha value is -2.44. The zero-order valence-corrected chi connectivity index (χ0v) is 20.3. The second-order valence-corrected chi connectivity index (χ2v) is 8.45. The van der Waals surface area contributed by atoms with Gasteiger partial charge < -0.3 is 20.1 Å². The molecule has 0 saturated heterocycles. The van der Waals surface area contributed by atoms with Gasteiger partial charge in [0.15, 0.2) is 0 Å². The Labute approximate surface area is 205 Å². The molecule has 0 atom stereocenters. The fraction of sp³-hybridized carbons (Fsp3) is 0.440. The zero-order valence-electron chi connectivity index (χ0n) is 18.8. The summed E-state index contributed by atoms with van der Waals surface area (Å²) in [6.07, 6.45) is 5.68. The number of ether oxygens (including phenoxy) is 2. The first-order chi connectivity index (χ1) is 16.0. The highest BCUT2D eigenvalue weighted by molar-refractivity contribution is 6.30. The largest absolute Gasteiger partial charge is 0.492 e. The second kappa shape index (κ2) is 16.2. The SMILES string of the molecule is O=C(CCCCCCCC(=O)NCCOc1ccc(Cl)cc1)NCCOc1ccc(Cl)cc1. The molecule has 0 aliphatic rings. The lowest BCUT2D eigenvalue weighted by atomic mass is 10.1. The molecule has 0 aliphatic heterocycles. The van der Waals surface area contributed by atoms with Crippen LogP contribution in [0, 0.1) is 0 Å². The first kappa shape index (κ1) is 26.8. The van der Waals surface area contributed by atoms with E-state index in [1.54, 1.807) is 48.5 Å². The minimum Gasteiger partial charge on any atom is -0.492 e. The predicted molar refractivity (Wildman–Crippen MR) is 132 cm³/mol. The van der Waals surface area contributed by atoms with Crippen LogP contribution >= 0.6 is 23.2 Å². The molecule has 0 aliphatic carbocycles. The van der Waals surface area contributed by atoms with Crippen molar-refractivity contribution >= 4 is 35.0 Å². The van der Waals surface area contributed by atoms with E-state index in [0.29, 0.717) is 49.2 Å². The van der Waals surface area contributed by atoms with Crippen LogP contribution in [0.2, 0.25) is 10.0 Å². The Bertz CT molecular complexity index is 760. The molecule has 0 radical (unpaired) electrons. The molecule has 2 aromatic carbocycles. The maximum absolute atomic E-state index is 11.9. The van der Waals surface area contributed by atoms with Crippen LogP contribution in [0.1, 0.15) is 44.9 Å². The molecule has 8 heteroatoms. The Kier molecular flexibility index (Phi) is 13.2. The van der Waals surface area contributed by atoms with Gasteiger partial charge in [-0.15, -0.1) is 0 Å². The van der Waals surface area contributed by atoms with Gasteiger partial charge in [0.25, 0.3) is 0 Å². The smallest absolute Gasteiger partial charge is 0.220 e. The lowest BCUT2D eigenvalue weighted by molar-refractivity contribution is -0.122. The van der Waals surface area contributed by atoms with Crippen molar-refractivity contribution in [2.24, 2.45) is 0 Å². The highest BCUT2D eigenvalue weighted by atomic mass is 35.5. The quantitative estimate of drug-likeness (QED) is 0.305. The van der Waals surface area contributed by atoms with E-state index in [4.69, 9.17) is 32.7 Å². The average molecular weight is 495 g/mol. The third-order valence-corrected chi connectivity index (χ3v) is 5.32. The molecule has 2 rings (SSSR count). The number of rotatable bonds is 16. The summed E-state index contributed by atoms with van der Waals surface area (Å²) in [5.74, 6) is 1.53. The van der Waals surface area contributed by atoms with Crippen molar-refractivity contribution in [2.45, 2.75) is 44.9 Å². The van der Waals surface area contributed by atoms with Crippen molar-refractivity contribution in [2.75, 3.05) is 26.3 Å². The van der Waals surface area contributed by atoms with Crippen LogP contribution in [-0.4, -0.2) is 38.1 Å². The van der Waals surface area contributed by atoms with E-state index in [9.17, 15) is 9.59 Å². The lowest BCUT2D eigenvalue weighted by Gasteiger charge is -2.08. The number of halogens is 2. The zero-order chi connectivity index (χ0) is 23.7. The van der Waals surface area contributed by atoms with E-state index in [1.807, 2.05) is 0 Å². The Morgan fingerprint density at radius 1 is 0.606 bits per heavy atom. The monoisotopic (exact) mass is 494 g/mol. The van der Waals surface area contributed by atoms with Gasteiger partial charge >= 0.3 is 0 Å². The van der Waals surface area contributed by atoms with Crippen LogP contribution < -0.4 is 20.1 Å². The van der Waals surface area contributed by atoms with E-state index < -0.39 is 0 Å². The van der Waals surface area contributed by atoms with Gasteiger partial charge in [-0.1, -0.05) is 42.5 Å². The standard InChI is InChI=1S/C25H32Cl2N2O4/c26-20-8-12-22(13-9-20)32-18-16-28-24(30)6-4-2-1-3-5-7-25(31)29-17-19-33-23-14-10-21(27)11-15-23/h8-15H,1-7,16-19H2,(H,28,30)(H,29,31). The van der Waals surface area contributed by atoms with Crippen molar-refractivity contribution in [3.05, 3.63) is 58.6 Å². The average Bonchev–Trinajstić information content (AvgIpc) is 2.81. The number of hydrogen-bond donors (Lipinski definition) is 2. The molecule has 0 fully saturated rings. The maximum Gasteiger partial charge on any atom is 0.220 e. The molecule has 2 aromatic rings. The molecule has 0 unspecified atom stereocenters. The number of unbranched alkanes of at least 4 members (excludes halogenated alkanes) is 4. The van der Waals surface area contributed by atoms with Crippen LogP contribution in [0.3, 0.4) is 0 Å². The van der Waals surface area contributed by atoms with Crippen LogP contribution in [-0.2, 0) is 9.59 Å². The molecular weight excluding hydrogens is 463 g/mol. The molecule has 6 nitrogen and oxygen atoms in total. The van der Waals surface area contributed by atoms with Crippen molar-refractivity contribution in [1.29, 1.82) is 0 Å². The number of carbonyl (C=O) groups excluding carboxylic acids is 2. The van der Waals surface area contributed by atoms with Crippen LogP contribution in [0.25, 0.3) is 0 Å². The summed E-state index contributed by atoms with van der Waals surface area (Å²) in [7, 11) is 0. The summed E-state index contributed by atoms with van der Waals surface area (Å²) >= 11 is 11.6. The first-order valence-corrected chi connectivity index (χ1v) is 12.1. The van der Waals surface area contributed by atoms with E-state index in [0.717, 1.165) is 43.6 Å². The third-order valence-electron chi connectivity index (χ3n) is 4.82. The van der Waals surface area contributed by atoms with Gasteiger partial charge in [-0.2, -0.15) is 0 Å². The van der Waals surface area contributed by atoms with E-state index >= 15 is 0 Å². The molecule has 180 valence electrons. The van der Waals surface area contributed by atoms with Gasteiger partial charge in [0.2, 0.25) is 11.8 Å². The van der Waals surface area contributed by atoms with Gasteiger partial charge in [0.1, 0.15) is 24.7 Å². The Balaban J connectivity index is 1.36. The summed E-state index contributed by atoms with van der Waals surface area (Å²) in [6, 6.07) is 14.2. The summed E-state index contributed by atoms with van der Waals surface area (Å²) in [5.41, 5.74) is 0. The Morgan fingerprint density at radius 3 is 1.36 bits per heavy atom. The summed E-state index contributed by atoms with van der Waals surface area (Å²) in [6.45, 7) is 1.79. The second-order valence-electron chi connectivity index (χ2n) is 7.57. The van der Waals surface area contributed by atoms with Crippen LogP contribution in [0.4, 0.5) is 0 Å². The number of hydrogen-bond acceptors (Lipinski definition) is 4. The molecule has 0 heterocycles. The lowest BCUT2D eigenvalue weighted by Crippen LogP contribution is -2.27. The molecule has 0 bridgehead atoms. The van der Waals surface area contributed by atoms with Gasteiger partial charge in [0, 0.05) is 22.9 Å². The third kappa shape index (κ3) is 13.0. The van der Waals surface area contributed by atoms with Crippen LogP contribution in [0.5, 0.6) is 11.5 Å². The van der Waals surface area contributed by atoms with Gasteiger partial charge in [-0.05, 0) is 61.4 Å². The topological polar surface area (TPSA) is 76.7 Å². The molecule has 2 amide bonds. The minimum atomic E-state index is 0.0369. The maximum atomic E-state index is 11.9. The number of carbonyl (C=O) groups is 2. The van der Waals surface area contributed by atoms with E-state index in [2.05, 4.69) is 10.6 Å². The molecule has 0 aromatic heterocycles. The number of amides is 2. The number of nitrogens with one attached hydrogen (secondary N) is 2. The highest BCUT2D eigenvalue weighted by Gasteiger charge is 2.03. The normalized spacial score (nSPS) is 10.5. The van der Waals surface area contributed by atoms with Gasteiger partial charge in [-0.3, -0.25) is 9.59 Å². The molecular formula is C25H32Cl2N2O4. The fourth-order valence-corrected chi connectivity index (χ4v) is 3.31. The summed E-state index contributed by atoms with van der Waals surface area (Å²) in [4.78, 5) is 23.7.